The Morgan fingerprint density at radius 3 is 2.69 bits per heavy atom. The fourth-order valence-corrected chi connectivity index (χ4v) is 1.27. The van der Waals surface area contributed by atoms with Gasteiger partial charge in [-0.05, 0) is 39.7 Å². The van der Waals surface area contributed by atoms with Crippen molar-refractivity contribution >= 4 is 27.5 Å². The number of aromatic nitrogens is 2. The van der Waals surface area contributed by atoms with Gasteiger partial charge >= 0.3 is 0 Å². The molecule has 0 saturated carbocycles. The Bertz CT molecular complexity index is 412. The van der Waals surface area contributed by atoms with Crippen LogP contribution in [0.3, 0.4) is 0 Å². The van der Waals surface area contributed by atoms with Crippen LogP contribution in [-0.2, 0) is 0 Å². The SMILES string of the molecule is Clc1nc(-c2ccc(Br)cn2)co1. The summed E-state index contributed by atoms with van der Waals surface area (Å²) in [5, 5.41) is 0.125. The van der Waals surface area contributed by atoms with Gasteiger partial charge < -0.3 is 4.42 Å². The third-order valence-corrected chi connectivity index (χ3v) is 2.11. The highest BCUT2D eigenvalue weighted by molar-refractivity contribution is 9.10. The Kier molecular flexibility index (Phi) is 2.33. The molecule has 0 amide bonds. The molecule has 0 fully saturated rings. The predicted octanol–water partition coefficient (Wildman–Crippen LogP) is 3.15. The first-order valence-corrected chi connectivity index (χ1v) is 4.66. The fraction of sp³-hybridized carbons (Fsp3) is 0. The van der Waals surface area contributed by atoms with Gasteiger partial charge in [0.25, 0.3) is 5.35 Å². The van der Waals surface area contributed by atoms with Crippen LogP contribution in [0.1, 0.15) is 0 Å². The minimum Gasteiger partial charge on any atom is -0.435 e. The summed E-state index contributed by atoms with van der Waals surface area (Å²) in [5.74, 6) is 0. The lowest BCUT2D eigenvalue weighted by Crippen LogP contribution is -1.81. The molecule has 0 aliphatic heterocycles. The van der Waals surface area contributed by atoms with Gasteiger partial charge in [0.2, 0.25) is 0 Å². The summed E-state index contributed by atoms with van der Waals surface area (Å²) in [5.41, 5.74) is 1.37. The number of hydrogen-bond acceptors (Lipinski definition) is 3. The van der Waals surface area contributed by atoms with Crippen LogP contribution < -0.4 is 0 Å². The molecule has 0 spiro atoms. The van der Waals surface area contributed by atoms with E-state index in [1.54, 1.807) is 6.20 Å². The van der Waals surface area contributed by atoms with Gasteiger partial charge in [0, 0.05) is 10.7 Å². The van der Waals surface area contributed by atoms with Crippen molar-refractivity contribution in [3.8, 4) is 11.4 Å². The zero-order valence-corrected chi connectivity index (χ0v) is 8.71. The summed E-state index contributed by atoms with van der Waals surface area (Å²) in [6.07, 6.45) is 3.16. The highest BCUT2D eigenvalue weighted by atomic mass is 79.9. The normalized spacial score (nSPS) is 10.3. The Labute approximate surface area is 87.9 Å². The molecule has 0 atom stereocenters. The monoisotopic (exact) mass is 258 g/mol. The lowest BCUT2D eigenvalue weighted by Gasteiger charge is -1.93. The van der Waals surface area contributed by atoms with E-state index < -0.39 is 0 Å². The second kappa shape index (κ2) is 3.47. The topological polar surface area (TPSA) is 38.9 Å². The van der Waals surface area contributed by atoms with Crippen molar-refractivity contribution in [3.05, 3.63) is 34.4 Å². The van der Waals surface area contributed by atoms with Gasteiger partial charge in [-0.3, -0.25) is 4.98 Å². The summed E-state index contributed by atoms with van der Waals surface area (Å²) in [7, 11) is 0. The molecule has 2 rings (SSSR count). The van der Waals surface area contributed by atoms with Crippen molar-refractivity contribution in [2.24, 2.45) is 0 Å². The number of pyridine rings is 1. The van der Waals surface area contributed by atoms with E-state index in [-0.39, 0.29) is 5.35 Å². The molecule has 0 unspecified atom stereocenters. The highest BCUT2D eigenvalue weighted by Crippen LogP contribution is 2.19. The van der Waals surface area contributed by atoms with Crippen LogP contribution in [-0.4, -0.2) is 9.97 Å². The van der Waals surface area contributed by atoms with Crippen molar-refractivity contribution in [1.29, 1.82) is 0 Å². The molecule has 0 saturated heterocycles. The molecule has 0 bridgehead atoms. The quantitative estimate of drug-likeness (QED) is 0.790. The zero-order valence-electron chi connectivity index (χ0n) is 6.37. The summed E-state index contributed by atoms with van der Waals surface area (Å²) < 4.78 is 5.77. The molecule has 2 aromatic rings. The van der Waals surface area contributed by atoms with Crippen molar-refractivity contribution in [2.75, 3.05) is 0 Å². The summed E-state index contributed by atoms with van der Waals surface area (Å²) in [4.78, 5) is 8.07. The molecule has 66 valence electrons. The standard InChI is InChI=1S/C8H4BrClN2O/c9-5-1-2-6(11-3-5)7-4-13-8(10)12-7/h1-4H. The average molecular weight is 259 g/mol. The number of rotatable bonds is 1. The van der Waals surface area contributed by atoms with Crippen LogP contribution in [0.4, 0.5) is 0 Å². The first-order chi connectivity index (χ1) is 6.25. The largest absolute Gasteiger partial charge is 0.435 e. The average Bonchev–Trinajstić information content (AvgIpc) is 2.53. The Morgan fingerprint density at radius 1 is 1.31 bits per heavy atom. The van der Waals surface area contributed by atoms with E-state index in [1.165, 1.54) is 6.26 Å². The first-order valence-electron chi connectivity index (χ1n) is 3.48. The molecule has 13 heavy (non-hydrogen) atoms. The molecule has 5 heteroatoms. The molecule has 0 radical (unpaired) electrons. The summed E-state index contributed by atoms with van der Waals surface area (Å²) >= 11 is 8.82. The summed E-state index contributed by atoms with van der Waals surface area (Å²) in [6.45, 7) is 0. The molecular formula is C8H4BrClN2O. The van der Waals surface area contributed by atoms with Gasteiger partial charge in [-0.25, -0.2) is 0 Å². The lowest BCUT2D eigenvalue weighted by atomic mass is 10.3. The maximum Gasteiger partial charge on any atom is 0.292 e. The lowest BCUT2D eigenvalue weighted by molar-refractivity contribution is 0.560. The second-order valence-corrected chi connectivity index (χ2v) is 3.59. The smallest absolute Gasteiger partial charge is 0.292 e. The minimum absolute atomic E-state index is 0.125. The van der Waals surface area contributed by atoms with Gasteiger partial charge in [-0.2, -0.15) is 4.98 Å². The van der Waals surface area contributed by atoms with Gasteiger partial charge in [-0.1, -0.05) is 0 Å². The van der Waals surface area contributed by atoms with Crippen LogP contribution >= 0.6 is 27.5 Å². The molecule has 2 heterocycles. The van der Waals surface area contributed by atoms with Gasteiger partial charge in [-0.15, -0.1) is 0 Å². The van der Waals surface area contributed by atoms with Crippen molar-refractivity contribution < 1.29 is 4.42 Å². The maximum absolute atomic E-state index is 5.53. The Balaban J connectivity index is 2.41. The van der Waals surface area contributed by atoms with E-state index in [0.29, 0.717) is 5.69 Å². The molecular weight excluding hydrogens is 255 g/mol. The van der Waals surface area contributed by atoms with Crippen molar-refractivity contribution in [3.63, 3.8) is 0 Å². The molecule has 0 aliphatic rings. The van der Waals surface area contributed by atoms with Crippen LogP contribution in [0.5, 0.6) is 0 Å². The van der Waals surface area contributed by atoms with E-state index >= 15 is 0 Å². The Morgan fingerprint density at radius 2 is 2.15 bits per heavy atom. The number of nitrogens with zero attached hydrogens (tertiary/aromatic N) is 2. The minimum atomic E-state index is 0.125. The van der Waals surface area contributed by atoms with Crippen LogP contribution in [0.15, 0.2) is 33.5 Å². The van der Waals surface area contributed by atoms with Gasteiger partial charge in [0.15, 0.2) is 0 Å². The van der Waals surface area contributed by atoms with Crippen molar-refractivity contribution in [2.45, 2.75) is 0 Å². The van der Waals surface area contributed by atoms with E-state index in [4.69, 9.17) is 16.0 Å². The molecule has 2 aromatic heterocycles. The third kappa shape index (κ3) is 1.89. The van der Waals surface area contributed by atoms with Gasteiger partial charge in [0.1, 0.15) is 12.0 Å². The van der Waals surface area contributed by atoms with Gasteiger partial charge in [0.05, 0.1) is 5.69 Å². The summed E-state index contributed by atoms with van der Waals surface area (Å²) in [6, 6.07) is 3.71. The Hall–Kier alpha value is -0.870. The molecule has 0 aromatic carbocycles. The van der Waals surface area contributed by atoms with E-state index in [2.05, 4.69) is 25.9 Å². The second-order valence-electron chi connectivity index (χ2n) is 2.35. The molecule has 3 nitrogen and oxygen atoms in total. The van der Waals surface area contributed by atoms with Crippen molar-refractivity contribution in [1.82, 2.24) is 9.97 Å². The third-order valence-electron chi connectivity index (χ3n) is 1.47. The molecule has 0 aliphatic carbocycles. The van der Waals surface area contributed by atoms with E-state index in [1.807, 2.05) is 12.1 Å². The van der Waals surface area contributed by atoms with E-state index in [9.17, 15) is 0 Å². The highest BCUT2D eigenvalue weighted by Gasteiger charge is 2.04. The number of halogens is 2. The number of hydrogen-bond donors (Lipinski definition) is 0. The number of oxazole rings is 1. The molecule has 0 N–H and O–H groups in total. The predicted molar refractivity (Wildman–Crippen MR) is 52.4 cm³/mol. The maximum atomic E-state index is 5.53. The van der Waals surface area contributed by atoms with Crippen LogP contribution in [0.25, 0.3) is 11.4 Å². The zero-order chi connectivity index (χ0) is 9.26. The van der Waals surface area contributed by atoms with Crippen LogP contribution in [0, 0.1) is 0 Å². The fourth-order valence-electron chi connectivity index (χ4n) is 0.897. The van der Waals surface area contributed by atoms with E-state index in [0.717, 1.165) is 10.2 Å². The van der Waals surface area contributed by atoms with Crippen LogP contribution in [0.2, 0.25) is 5.35 Å². The first kappa shape index (κ1) is 8.72.